The van der Waals surface area contributed by atoms with Crippen LogP contribution in [0.25, 0.3) is 21.5 Å². The van der Waals surface area contributed by atoms with E-state index in [1.165, 1.54) is 18.1 Å². The van der Waals surface area contributed by atoms with Crippen LogP contribution in [0.5, 0.6) is 0 Å². The highest BCUT2D eigenvalue weighted by molar-refractivity contribution is 9.08. The maximum atomic E-state index is 11.8. The Labute approximate surface area is 139 Å². The molecule has 0 aliphatic carbocycles. The SMILES string of the molecule is [B]Cc1c2ccccc2c(CBr)c2ccc(C(=O)OC)cc12. The van der Waals surface area contributed by atoms with Gasteiger partial charge in [-0.25, -0.2) is 4.79 Å². The van der Waals surface area contributed by atoms with E-state index in [0.29, 0.717) is 11.9 Å². The van der Waals surface area contributed by atoms with Crippen LogP contribution in [-0.2, 0) is 16.4 Å². The van der Waals surface area contributed by atoms with Gasteiger partial charge < -0.3 is 4.74 Å². The quantitative estimate of drug-likeness (QED) is 0.303. The highest BCUT2D eigenvalue weighted by Crippen LogP contribution is 2.34. The summed E-state index contributed by atoms with van der Waals surface area (Å²) in [6.07, 6.45) is 0.421. The number of methoxy groups -OCH3 is 1. The van der Waals surface area contributed by atoms with Gasteiger partial charge in [0.15, 0.2) is 0 Å². The molecule has 0 aliphatic rings. The number of alkyl halides is 1. The summed E-state index contributed by atoms with van der Waals surface area (Å²) in [4.78, 5) is 11.8. The van der Waals surface area contributed by atoms with Gasteiger partial charge >= 0.3 is 5.97 Å². The monoisotopic (exact) mass is 352 g/mol. The highest BCUT2D eigenvalue weighted by Gasteiger charge is 2.14. The third kappa shape index (κ3) is 2.32. The van der Waals surface area contributed by atoms with Crippen LogP contribution in [0.4, 0.5) is 0 Å². The van der Waals surface area contributed by atoms with Crippen molar-refractivity contribution in [2.24, 2.45) is 0 Å². The van der Waals surface area contributed by atoms with Crippen LogP contribution in [-0.4, -0.2) is 20.9 Å². The first kappa shape index (κ1) is 15.1. The Balaban J connectivity index is 2.47. The van der Waals surface area contributed by atoms with Crippen LogP contribution in [0, 0.1) is 0 Å². The molecule has 2 nitrogen and oxygen atoms in total. The number of fused-ring (bicyclic) bond motifs is 2. The molecule has 0 saturated carbocycles. The zero-order chi connectivity index (χ0) is 15.7. The van der Waals surface area contributed by atoms with E-state index in [-0.39, 0.29) is 5.97 Å². The summed E-state index contributed by atoms with van der Waals surface area (Å²) < 4.78 is 4.82. The minimum atomic E-state index is -0.335. The van der Waals surface area contributed by atoms with Crippen molar-refractivity contribution in [1.29, 1.82) is 0 Å². The first-order valence-electron chi connectivity index (χ1n) is 7.01. The number of hydrogen-bond acceptors (Lipinski definition) is 2. The molecule has 4 heteroatoms. The van der Waals surface area contributed by atoms with Gasteiger partial charge in [-0.05, 0) is 44.8 Å². The lowest BCUT2D eigenvalue weighted by Gasteiger charge is -2.15. The van der Waals surface area contributed by atoms with Gasteiger partial charge in [-0.3, -0.25) is 0 Å². The minimum absolute atomic E-state index is 0.335. The Bertz CT molecular complexity index is 874. The summed E-state index contributed by atoms with van der Waals surface area (Å²) in [5.41, 5.74) is 2.81. The smallest absolute Gasteiger partial charge is 0.337 e. The fraction of sp³-hybridized carbons (Fsp3) is 0.167. The van der Waals surface area contributed by atoms with Gasteiger partial charge in [0.2, 0.25) is 0 Å². The molecule has 0 amide bonds. The van der Waals surface area contributed by atoms with Gasteiger partial charge in [0, 0.05) is 5.33 Å². The summed E-state index contributed by atoms with van der Waals surface area (Å²) in [5.74, 6) is -0.335. The molecular formula is C18H14BBrO2. The van der Waals surface area contributed by atoms with E-state index in [4.69, 9.17) is 12.6 Å². The Morgan fingerprint density at radius 1 is 1.05 bits per heavy atom. The van der Waals surface area contributed by atoms with Crippen LogP contribution < -0.4 is 0 Å². The predicted octanol–water partition coefficient (Wildman–Crippen LogP) is 4.34. The third-order valence-corrected chi connectivity index (χ3v) is 4.57. The second-order valence-corrected chi connectivity index (χ2v) is 5.65. The zero-order valence-electron chi connectivity index (χ0n) is 12.2. The van der Waals surface area contributed by atoms with Crippen LogP contribution in [0.3, 0.4) is 0 Å². The molecule has 3 aromatic carbocycles. The molecule has 0 N–H and O–H groups in total. The van der Waals surface area contributed by atoms with Gasteiger partial charge in [0.05, 0.1) is 20.5 Å². The Morgan fingerprint density at radius 2 is 1.68 bits per heavy atom. The van der Waals surface area contributed by atoms with Crippen molar-refractivity contribution in [2.45, 2.75) is 11.7 Å². The number of esters is 1. The lowest BCUT2D eigenvalue weighted by molar-refractivity contribution is 0.0601. The van der Waals surface area contributed by atoms with Crippen molar-refractivity contribution in [1.82, 2.24) is 0 Å². The summed E-state index contributed by atoms with van der Waals surface area (Å²) in [6.45, 7) is 0. The van der Waals surface area contributed by atoms with Crippen LogP contribution in [0.1, 0.15) is 21.5 Å². The molecule has 0 fully saturated rings. The summed E-state index contributed by atoms with van der Waals surface area (Å²) >= 11 is 3.58. The second-order valence-electron chi connectivity index (χ2n) is 5.09. The van der Waals surface area contributed by atoms with Gasteiger partial charge in [0.1, 0.15) is 0 Å². The molecule has 0 unspecified atom stereocenters. The molecule has 3 rings (SSSR count). The fourth-order valence-corrected chi connectivity index (χ4v) is 3.57. The van der Waals surface area contributed by atoms with E-state index in [0.717, 1.165) is 27.1 Å². The molecular weight excluding hydrogens is 339 g/mol. The minimum Gasteiger partial charge on any atom is -0.465 e. The largest absolute Gasteiger partial charge is 0.465 e. The zero-order valence-corrected chi connectivity index (χ0v) is 13.8. The number of carbonyl (C=O) groups excluding carboxylic acids is 1. The molecule has 22 heavy (non-hydrogen) atoms. The van der Waals surface area contributed by atoms with E-state index < -0.39 is 0 Å². The van der Waals surface area contributed by atoms with Crippen molar-refractivity contribution in [2.75, 3.05) is 7.11 Å². The molecule has 0 bridgehead atoms. The molecule has 0 aromatic heterocycles. The number of halogens is 1. The van der Waals surface area contributed by atoms with E-state index in [1.54, 1.807) is 6.07 Å². The number of benzene rings is 3. The average molecular weight is 353 g/mol. The van der Waals surface area contributed by atoms with Gasteiger partial charge in [-0.1, -0.05) is 52.6 Å². The lowest BCUT2D eigenvalue weighted by atomic mass is 9.85. The normalized spacial score (nSPS) is 11.0. The molecule has 108 valence electrons. The predicted molar refractivity (Wildman–Crippen MR) is 94.9 cm³/mol. The lowest BCUT2D eigenvalue weighted by Crippen LogP contribution is -2.02. The van der Waals surface area contributed by atoms with Crippen molar-refractivity contribution in [3.8, 4) is 0 Å². The maximum Gasteiger partial charge on any atom is 0.337 e. The van der Waals surface area contributed by atoms with Crippen LogP contribution in [0.2, 0.25) is 0 Å². The van der Waals surface area contributed by atoms with Crippen molar-refractivity contribution < 1.29 is 9.53 Å². The van der Waals surface area contributed by atoms with Crippen molar-refractivity contribution in [3.63, 3.8) is 0 Å². The molecule has 2 radical (unpaired) electrons. The molecule has 0 spiro atoms. The van der Waals surface area contributed by atoms with E-state index in [2.05, 4.69) is 28.1 Å². The Kier molecular flexibility index (Phi) is 4.21. The van der Waals surface area contributed by atoms with Crippen molar-refractivity contribution in [3.05, 3.63) is 59.2 Å². The summed E-state index contributed by atoms with van der Waals surface area (Å²) in [5, 5.41) is 5.20. The number of hydrogen-bond donors (Lipinski definition) is 0. The van der Waals surface area contributed by atoms with Gasteiger partial charge in [-0.2, -0.15) is 0 Å². The Morgan fingerprint density at radius 3 is 2.27 bits per heavy atom. The summed E-state index contributed by atoms with van der Waals surface area (Å²) in [6, 6.07) is 13.9. The Hall–Kier alpha value is -1.81. The average Bonchev–Trinajstić information content (AvgIpc) is 2.58. The number of carbonyl (C=O) groups is 1. The standard InChI is InChI=1S/C18H14BBrO2/c1-22-18(21)11-6-7-14-15(8-11)16(9-19)12-4-2-3-5-13(12)17(14)10-20/h2-8H,9-10H2,1H3. The van der Waals surface area contributed by atoms with Gasteiger partial charge in [0.25, 0.3) is 0 Å². The molecule has 0 heterocycles. The number of rotatable bonds is 3. The molecule has 0 aliphatic heterocycles. The molecule has 3 aromatic rings. The molecule has 0 atom stereocenters. The van der Waals surface area contributed by atoms with E-state index in [1.807, 2.05) is 24.3 Å². The van der Waals surface area contributed by atoms with E-state index in [9.17, 15) is 4.79 Å². The second kappa shape index (κ2) is 6.13. The first-order chi connectivity index (χ1) is 10.7. The summed E-state index contributed by atoms with van der Waals surface area (Å²) in [7, 11) is 7.39. The van der Waals surface area contributed by atoms with Crippen molar-refractivity contribution >= 4 is 51.3 Å². The third-order valence-electron chi connectivity index (χ3n) is 4.01. The maximum absolute atomic E-state index is 11.8. The van der Waals surface area contributed by atoms with Crippen LogP contribution in [0.15, 0.2) is 42.5 Å². The fourth-order valence-electron chi connectivity index (χ4n) is 2.97. The van der Waals surface area contributed by atoms with E-state index >= 15 is 0 Å². The highest BCUT2D eigenvalue weighted by atomic mass is 79.9. The van der Waals surface area contributed by atoms with Gasteiger partial charge in [-0.15, -0.1) is 0 Å². The first-order valence-corrected chi connectivity index (χ1v) is 8.14. The molecule has 0 saturated heterocycles. The number of ether oxygens (including phenoxy) is 1. The van der Waals surface area contributed by atoms with Crippen LogP contribution >= 0.6 is 15.9 Å². The topological polar surface area (TPSA) is 26.3 Å².